The van der Waals surface area contributed by atoms with Crippen LogP contribution >= 0.6 is 11.8 Å². The molecule has 2 aromatic carbocycles. The summed E-state index contributed by atoms with van der Waals surface area (Å²) < 4.78 is 11.4. The average molecular weight is 408 g/mol. The van der Waals surface area contributed by atoms with E-state index in [-0.39, 0.29) is 12.3 Å². The highest BCUT2D eigenvalue weighted by Crippen LogP contribution is 2.26. The molecule has 0 aliphatic heterocycles. The number of ether oxygens (including phenoxy) is 1. The number of carbonyl (C=O) groups excluding carboxylic acids is 1. The Morgan fingerprint density at radius 2 is 1.97 bits per heavy atom. The van der Waals surface area contributed by atoms with Gasteiger partial charge in [-0.05, 0) is 31.2 Å². The lowest BCUT2D eigenvalue weighted by molar-refractivity contribution is 0.0332. The van der Waals surface area contributed by atoms with Crippen LogP contribution < -0.4 is 5.56 Å². The number of aromatic nitrogens is 4. The lowest BCUT2D eigenvalue weighted by Crippen LogP contribution is -2.26. The Hall–Kier alpha value is -3.46. The van der Waals surface area contributed by atoms with Gasteiger partial charge in [-0.1, -0.05) is 34.6 Å². The van der Waals surface area contributed by atoms with Gasteiger partial charge < -0.3 is 9.26 Å². The smallest absolute Gasteiger partial charge is 0.341 e. The van der Waals surface area contributed by atoms with E-state index in [9.17, 15) is 9.59 Å². The normalized spacial score (nSPS) is 10.9. The lowest BCUT2D eigenvalue weighted by atomic mass is 10.2. The van der Waals surface area contributed by atoms with Gasteiger partial charge in [-0.15, -0.1) is 16.9 Å². The van der Waals surface area contributed by atoms with Crippen LogP contribution in [0, 0.1) is 6.92 Å². The van der Waals surface area contributed by atoms with Crippen molar-refractivity contribution in [3.05, 3.63) is 82.0 Å². The molecule has 0 aliphatic rings. The molecule has 0 bridgehead atoms. The van der Waals surface area contributed by atoms with Crippen LogP contribution in [0.2, 0.25) is 0 Å². The van der Waals surface area contributed by atoms with Gasteiger partial charge in [0.25, 0.3) is 5.56 Å². The number of hydrogen-bond acceptors (Lipinski definition) is 8. The molecule has 9 heteroatoms. The van der Waals surface area contributed by atoms with Crippen molar-refractivity contribution in [1.82, 2.24) is 20.2 Å². The van der Waals surface area contributed by atoms with Gasteiger partial charge in [0.15, 0.2) is 6.73 Å². The van der Waals surface area contributed by atoms with Crippen molar-refractivity contribution in [3.63, 3.8) is 0 Å². The van der Waals surface area contributed by atoms with Gasteiger partial charge in [0.05, 0.1) is 16.6 Å². The second-order valence-corrected chi connectivity index (χ2v) is 7.20. The van der Waals surface area contributed by atoms with Crippen molar-refractivity contribution in [2.24, 2.45) is 0 Å². The molecule has 4 aromatic rings. The second kappa shape index (κ2) is 8.27. The Morgan fingerprint density at radius 1 is 1.17 bits per heavy atom. The zero-order valence-corrected chi connectivity index (χ0v) is 16.3. The van der Waals surface area contributed by atoms with E-state index in [1.807, 2.05) is 25.1 Å². The summed E-state index contributed by atoms with van der Waals surface area (Å²) in [6, 6.07) is 15.8. The van der Waals surface area contributed by atoms with Crippen LogP contribution in [0.15, 0.2) is 68.8 Å². The number of thioether (sulfide) groups is 1. The van der Waals surface area contributed by atoms with Crippen LogP contribution in [0.4, 0.5) is 0 Å². The molecule has 29 heavy (non-hydrogen) atoms. The summed E-state index contributed by atoms with van der Waals surface area (Å²) >= 11 is 1.45. The maximum atomic E-state index is 12.6. The molecule has 0 amide bonds. The lowest BCUT2D eigenvalue weighted by Gasteiger charge is -2.09. The first-order chi connectivity index (χ1) is 14.1. The number of fused-ring (bicyclic) bond motifs is 1. The van der Waals surface area contributed by atoms with E-state index in [4.69, 9.17) is 9.26 Å². The molecule has 0 saturated heterocycles. The first-order valence-electron chi connectivity index (χ1n) is 8.75. The Balaban J connectivity index is 1.48. The van der Waals surface area contributed by atoms with Crippen LogP contribution in [0.5, 0.6) is 0 Å². The second-order valence-electron chi connectivity index (χ2n) is 6.19. The maximum Gasteiger partial charge on any atom is 0.341 e. The van der Waals surface area contributed by atoms with Crippen molar-refractivity contribution >= 4 is 28.6 Å². The number of rotatable bonds is 6. The molecule has 0 N–H and O–H groups in total. The highest BCUT2D eigenvalue weighted by atomic mass is 32.2. The van der Waals surface area contributed by atoms with Gasteiger partial charge in [0, 0.05) is 16.7 Å². The molecule has 0 radical (unpaired) electrons. The fourth-order valence-electron chi connectivity index (χ4n) is 2.70. The van der Waals surface area contributed by atoms with E-state index >= 15 is 0 Å². The van der Waals surface area contributed by atoms with Crippen molar-refractivity contribution in [1.29, 1.82) is 0 Å². The molecule has 2 aromatic heterocycles. The van der Waals surface area contributed by atoms with Gasteiger partial charge in [-0.25, -0.2) is 4.79 Å². The molecule has 146 valence electrons. The molecule has 0 saturated carbocycles. The molecule has 8 nitrogen and oxygen atoms in total. The van der Waals surface area contributed by atoms with E-state index in [0.717, 1.165) is 21.0 Å². The number of esters is 1. The minimum Gasteiger partial charge on any atom is -0.439 e. The van der Waals surface area contributed by atoms with Crippen LogP contribution in [-0.2, 0) is 17.2 Å². The van der Waals surface area contributed by atoms with Crippen LogP contribution in [0.1, 0.15) is 21.8 Å². The minimum absolute atomic E-state index is 0.322. The predicted molar refractivity (Wildman–Crippen MR) is 106 cm³/mol. The Morgan fingerprint density at radius 3 is 2.79 bits per heavy atom. The molecule has 2 heterocycles. The van der Waals surface area contributed by atoms with Crippen molar-refractivity contribution in [2.45, 2.75) is 24.3 Å². The fourth-order valence-corrected chi connectivity index (χ4v) is 3.63. The van der Waals surface area contributed by atoms with E-state index < -0.39 is 5.97 Å². The minimum atomic E-state index is -0.550. The first kappa shape index (κ1) is 18.9. The summed E-state index contributed by atoms with van der Waals surface area (Å²) in [6.45, 7) is 1.50. The van der Waals surface area contributed by atoms with Crippen LogP contribution in [0.25, 0.3) is 10.9 Å². The van der Waals surface area contributed by atoms with E-state index in [1.165, 1.54) is 11.8 Å². The van der Waals surface area contributed by atoms with E-state index in [0.29, 0.717) is 22.2 Å². The van der Waals surface area contributed by atoms with Crippen molar-refractivity contribution < 1.29 is 14.1 Å². The zero-order valence-electron chi connectivity index (χ0n) is 15.4. The molecule has 0 aliphatic carbocycles. The average Bonchev–Trinajstić information content (AvgIpc) is 3.17. The third-order valence-electron chi connectivity index (χ3n) is 4.11. The SMILES string of the molecule is Cc1cc(CSc2ccccc2C(=O)OCn2nnc3ccccc3c2=O)no1. The Bertz CT molecular complexity index is 1230. The van der Waals surface area contributed by atoms with Crippen LogP contribution in [0.3, 0.4) is 0 Å². The highest BCUT2D eigenvalue weighted by Gasteiger charge is 2.15. The maximum absolute atomic E-state index is 12.6. The van der Waals surface area contributed by atoms with Gasteiger partial charge in [0.1, 0.15) is 11.3 Å². The summed E-state index contributed by atoms with van der Waals surface area (Å²) in [5, 5.41) is 12.2. The third kappa shape index (κ3) is 4.19. The number of benzene rings is 2. The van der Waals surface area contributed by atoms with Gasteiger partial charge in [0.2, 0.25) is 0 Å². The first-order valence-corrected chi connectivity index (χ1v) is 9.74. The standard InChI is InChI=1S/C20H16N4O4S/c1-13-10-14(22-28-13)11-29-18-9-5-3-7-16(18)20(26)27-12-24-19(25)15-6-2-4-8-17(15)21-23-24/h2-10H,11-12H2,1H3. The summed E-state index contributed by atoms with van der Waals surface area (Å²) in [4.78, 5) is 25.8. The van der Waals surface area contributed by atoms with Crippen LogP contribution in [-0.4, -0.2) is 26.1 Å². The predicted octanol–water partition coefficient (Wildman–Crippen LogP) is 3.19. The summed E-state index contributed by atoms with van der Waals surface area (Å²) in [5.41, 5.74) is 1.31. The van der Waals surface area contributed by atoms with E-state index in [2.05, 4.69) is 15.5 Å². The largest absolute Gasteiger partial charge is 0.439 e. The summed E-state index contributed by atoms with van der Waals surface area (Å²) in [5.74, 6) is 0.735. The monoisotopic (exact) mass is 408 g/mol. The van der Waals surface area contributed by atoms with Gasteiger partial charge in [-0.3, -0.25) is 4.79 Å². The number of aryl methyl sites for hydroxylation is 1. The van der Waals surface area contributed by atoms with Crippen molar-refractivity contribution in [2.75, 3.05) is 0 Å². The highest BCUT2D eigenvalue weighted by molar-refractivity contribution is 7.98. The van der Waals surface area contributed by atoms with Gasteiger partial charge in [-0.2, -0.15) is 4.68 Å². The fraction of sp³-hybridized carbons (Fsp3) is 0.150. The number of carbonyl (C=O) groups is 1. The Kier molecular flexibility index (Phi) is 5.39. The molecule has 0 spiro atoms. The topological polar surface area (TPSA) is 100 Å². The van der Waals surface area contributed by atoms with Crippen molar-refractivity contribution in [3.8, 4) is 0 Å². The molecule has 0 atom stereocenters. The molecule has 0 unspecified atom stereocenters. The quantitative estimate of drug-likeness (QED) is 0.354. The molecular weight excluding hydrogens is 392 g/mol. The Labute approximate surface area is 169 Å². The summed E-state index contributed by atoms with van der Waals surface area (Å²) in [7, 11) is 0. The zero-order chi connectivity index (χ0) is 20.2. The summed E-state index contributed by atoms with van der Waals surface area (Å²) in [6.07, 6.45) is 0. The molecular formula is C20H16N4O4S. The van der Waals surface area contributed by atoms with Gasteiger partial charge >= 0.3 is 5.97 Å². The molecule has 0 fully saturated rings. The molecule has 4 rings (SSSR count). The van der Waals surface area contributed by atoms with E-state index in [1.54, 1.807) is 36.4 Å². The number of nitrogens with zero attached hydrogens (tertiary/aromatic N) is 4. The number of hydrogen-bond donors (Lipinski definition) is 0. The third-order valence-corrected chi connectivity index (χ3v) is 5.21.